The van der Waals surface area contributed by atoms with E-state index in [4.69, 9.17) is 0 Å². The number of hydrogen-bond acceptors (Lipinski definition) is 4. The molecular weight excluding hydrogens is 266 g/mol. The van der Waals surface area contributed by atoms with Crippen LogP contribution < -0.4 is 0 Å². The summed E-state index contributed by atoms with van der Waals surface area (Å²) >= 11 is 0. The summed E-state index contributed by atoms with van der Waals surface area (Å²) in [5, 5.41) is 22.4. The Morgan fingerprint density at radius 1 is 1.14 bits per heavy atom. The van der Waals surface area contributed by atoms with Crippen LogP contribution in [-0.2, 0) is 12.1 Å². The molecule has 0 amide bonds. The Morgan fingerprint density at radius 2 is 1.90 bits per heavy atom. The Bertz CT molecular complexity index is 724. The van der Waals surface area contributed by atoms with Gasteiger partial charge in [-0.05, 0) is 32.0 Å². The number of rotatable bonds is 4. The Morgan fingerprint density at radius 3 is 2.57 bits per heavy atom. The fourth-order valence-electron chi connectivity index (χ4n) is 1.99. The third-order valence-electron chi connectivity index (χ3n) is 3.15. The van der Waals surface area contributed by atoms with Gasteiger partial charge in [0.15, 0.2) is 0 Å². The topological polar surface area (TPSA) is 68.8 Å². The lowest BCUT2D eigenvalue weighted by atomic mass is 10.1. The van der Waals surface area contributed by atoms with E-state index in [2.05, 4.69) is 15.4 Å². The molecule has 2 aromatic heterocycles. The van der Waals surface area contributed by atoms with Gasteiger partial charge in [0, 0.05) is 6.20 Å². The number of benzene rings is 1. The molecule has 1 N–H and O–H groups in total. The molecule has 2 heterocycles. The van der Waals surface area contributed by atoms with Gasteiger partial charge in [-0.3, -0.25) is 0 Å². The van der Waals surface area contributed by atoms with Crippen LogP contribution in [-0.4, -0.2) is 29.9 Å². The summed E-state index contributed by atoms with van der Waals surface area (Å²) in [7, 11) is 0. The van der Waals surface area contributed by atoms with Crippen LogP contribution in [0.2, 0.25) is 0 Å². The van der Waals surface area contributed by atoms with Crippen molar-refractivity contribution in [2.45, 2.75) is 26.0 Å². The van der Waals surface area contributed by atoms with Crippen LogP contribution in [0.5, 0.6) is 0 Å². The average Bonchev–Trinajstić information content (AvgIpc) is 3.09. The summed E-state index contributed by atoms with van der Waals surface area (Å²) in [4.78, 5) is 0. The van der Waals surface area contributed by atoms with Crippen LogP contribution in [0.25, 0.3) is 5.69 Å². The average molecular weight is 283 g/mol. The van der Waals surface area contributed by atoms with Crippen molar-refractivity contribution in [1.82, 2.24) is 24.8 Å². The molecule has 3 rings (SSSR count). The number of para-hydroxylation sites is 1. The lowest BCUT2D eigenvalue weighted by Crippen LogP contribution is -2.15. The van der Waals surface area contributed by atoms with Crippen LogP contribution >= 0.6 is 0 Å². The summed E-state index contributed by atoms with van der Waals surface area (Å²) in [5.74, 6) is 0. The molecule has 6 nitrogen and oxygen atoms in total. The van der Waals surface area contributed by atoms with Crippen LogP contribution in [0, 0.1) is 0 Å². The first-order valence-electron chi connectivity index (χ1n) is 6.75. The third kappa shape index (κ3) is 3.00. The number of aliphatic hydroxyl groups is 1. The van der Waals surface area contributed by atoms with Crippen LogP contribution in [0.4, 0.5) is 0 Å². The van der Waals surface area contributed by atoms with Gasteiger partial charge in [-0.25, -0.2) is 9.36 Å². The molecule has 0 unspecified atom stereocenters. The van der Waals surface area contributed by atoms with Crippen molar-refractivity contribution in [3.8, 4) is 5.69 Å². The van der Waals surface area contributed by atoms with Crippen LogP contribution in [0.1, 0.15) is 25.2 Å². The minimum Gasteiger partial charge on any atom is -0.384 e. The maximum atomic E-state index is 9.89. The molecule has 21 heavy (non-hydrogen) atoms. The Kier molecular flexibility index (Phi) is 3.31. The number of hydrogen-bond donors (Lipinski definition) is 1. The molecule has 0 radical (unpaired) electrons. The van der Waals surface area contributed by atoms with E-state index < -0.39 is 5.60 Å². The van der Waals surface area contributed by atoms with Crippen molar-refractivity contribution < 1.29 is 5.11 Å². The van der Waals surface area contributed by atoms with Crippen molar-refractivity contribution in [2.75, 3.05) is 0 Å². The number of nitrogens with zero attached hydrogens (tertiary/aromatic N) is 5. The molecule has 6 heteroatoms. The lowest BCUT2D eigenvalue weighted by Gasteiger charge is -2.11. The van der Waals surface area contributed by atoms with Crippen molar-refractivity contribution in [3.63, 3.8) is 0 Å². The normalized spacial score (nSPS) is 11.8. The van der Waals surface area contributed by atoms with Gasteiger partial charge >= 0.3 is 0 Å². The van der Waals surface area contributed by atoms with E-state index in [1.807, 2.05) is 47.3 Å². The number of aromatic nitrogens is 5. The molecule has 0 bridgehead atoms. The minimum absolute atomic E-state index is 0.517. The molecule has 108 valence electrons. The Labute approximate surface area is 122 Å². The first kappa shape index (κ1) is 13.5. The second kappa shape index (κ2) is 5.14. The summed E-state index contributed by atoms with van der Waals surface area (Å²) in [6.45, 7) is 3.89. The van der Waals surface area contributed by atoms with Crippen molar-refractivity contribution >= 4 is 0 Å². The summed E-state index contributed by atoms with van der Waals surface area (Å²) in [6.07, 6.45) is 3.65. The molecule has 0 spiro atoms. The SMILES string of the molecule is CC(C)(O)c1cn(Cc2ccn(-c3ccccc3)n2)nn1. The highest BCUT2D eigenvalue weighted by Crippen LogP contribution is 2.16. The fraction of sp³-hybridized carbons (Fsp3) is 0.267. The summed E-state index contributed by atoms with van der Waals surface area (Å²) in [5.41, 5.74) is 1.46. The zero-order chi connectivity index (χ0) is 14.9. The standard InChI is InChI=1S/C15H17N5O/c1-15(2,21)14-11-19(18-16-14)10-12-8-9-20(17-12)13-6-4-3-5-7-13/h3-9,11,21H,10H2,1-2H3. The highest BCUT2D eigenvalue weighted by atomic mass is 16.3. The van der Waals surface area contributed by atoms with Gasteiger partial charge in [0.1, 0.15) is 11.3 Å². The Hall–Kier alpha value is -2.47. The van der Waals surface area contributed by atoms with E-state index >= 15 is 0 Å². The van der Waals surface area contributed by atoms with Gasteiger partial charge in [0.05, 0.1) is 24.1 Å². The molecule has 1 aromatic carbocycles. The van der Waals surface area contributed by atoms with Crippen LogP contribution in [0.15, 0.2) is 48.8 Å². The van der Waals surface area contributed by atoms with Gasteiger partial charge in [-0.15, -0.1) is 5.10 Å². The van der Waals surface area contributed by atoms with Gasteiger partial charge in [0.2, 0.25) is 0 Å². The van der Waals surface area contributed by atoms with E-state index in [0.29, 0.717) is 12.2 Å². The van der Waals surface area contributed by atoms with Crippen LogP contribution in [0.3, 0.4) is 0 Å². The molecule has 0 fully saturated rings. The lowest BCUT2D eigenvalue weighted by molar-refractivity contribution is 0.0737. The van der Waals surface area contributed by atoms with Gasteiger partial charge in [0.25, 0.3) is 0 Å². The van der Waals surface area contributed by atoms with Crippen molar-refractivity contribution in [2.24, 2.45) is 0 Å². The molecule has 0 saturated heterocycles. The molecular formula is C15H17N5O. The molecule has 3 aromatic rings. The van der Waals surface area contributed by atoms with E-state index in [0.717, 1.165) is 11.4 Å². The first-order chi connectivity index (χ1) is 10.0. The Balaban J connectivity index is 1.77. The van der Waals surface area contributed by atoms with Gasteiger partial charge in [-0.2, -0.15) is 5.10 Å². The summed E-state index contributed by atoms with van der Waals surface area (Å²) in [6, 6.07) is 11.9. The second-order valence-electron chi connectivity index (χ2n) is 5.45. The molecule has 0 aliphatic rings. The van der Waals surface area contributed by atoms with Crippen molar-refractivity contribution in [1.29, 1.82) is 0 Å². The van der Waals surface area contributed by atoms with E-state index in [-0.39, 0.29) is 0 Å². The highest BCUT2D eigenvalue weighted by molar-refractivity contribution is 5.30. The van der Waals surface area contributed by atoms with E-state index in [1.54, 1.807) is 24.7 Å². The maximum Gasteiger partial charge on any atom is 0.114 e. The van der Waals surface area contributed by atoms with Gasteiger partial charge in [-0.1, -0.05) is 23.4 Å². The minimum atomic E-state index is -0.984. The fourth-order valence-corrected chi connectivity index (χ4v) is 1.99. The summed E-state index contributed by atoms with van der Waals surface area (Å²) < 4.78 is 3.49. The largest absolute Gasteiger partial charge is 0.384 e. The predicted octanol–water partition coefficient (Wildman–Crippen LogP) is 1.74. The molecule has 0 aliphatic carbocycles. The second-order valence-corrected chi connectivity index (χ2v) is 5.45. The van der Waals surface area contributed by atoms with E-state index in [1.165, 1.54) is 0 Å². The molecule has 0 saturated carbocycles. The molecule has 0 atom stereocenters. The van der Waals surface area contributed by atoms with Crippen molar-refractivity contribution in [3.05, 3.63) is 60.2 Å². The quantitative estimate of drug-likeness (QED) is 0.792. The van der Waals surface area contributed by atoms with E-state index in [9.17, 15) is 5.11 Å². The maximum absolute atomic E-state index is 9.89. The monoisotopic (exact) mass is 283 g/mol. The molecule has 0 aliphatic heterocycles. The zero-order valence-electron chi connectivity index (χ0n) is 12.0. The zero-order valence-corrected chi connectivity index (χ0v) is 12.0. The third-order valence-corrected chi connectivity index (χ3v) is 3.15. The predicted molar refractivity (Wildman–Crippen MR) is 77.9 cm³/mol. The first-order valence-corrected chi connectivity index (χ1v) is 6.75. The highest BCUT2D eigenvalue weighted by Gasteiger charge is 2.20. The smallest absolute Gasteiger partial charge is 0.114 e. The van der Waals surface area contributed by atoms with Gasteiger partial charge < -0.3 is 5.11 Å².